The molecule has 0 radical (unpaired) electrons. The van der Waals surface area contributed by atoms with Gasteiger partial charge in [0.2, 0.25) is 0 Å². The van der Waals surface area contributed by atoms with E-state index in [1.165, 1.54) is 5.56 Å². The van der Waals surface area contributed by atoms with E-state index in [0.717, 1.165) is 11.3 Å². The molecule has 1 rings (SSSR count). The molecular formula is C13H18O2. The largest absolute Gasteiger partial charge is 0.493 e. The quantitative estimate of drug-likeness (QED) is 0.740. The predicted molar refractivity (Wildman–Crippen MR) is 61.3 cm³/mol. The van der Waals surface area contributed by atoms with Gasteiger partial charge in [0.05, 0.1) is 6.61 Å². The average molecular weight is 206 g/mol. The van der Waals surface area contributed by atoms with Crippen LogP contribution in [0.5, 0.6) is 5.75 Å². The fourth-order valence-electron chi connectivity index (χ4n) is 1.33. The molecule has 0 saturated carbocycles. The Balaban J connectivity index is 2.51. The van der Waals surface area contributed by atoms with Crippen LogP contribution in [-0.4, -0.2) is 12.4 Å². The van der Waals surface area contributed by atoms with E-state index >= 15 is 0 Å². The number of carbonyl (C=O) groups is 1. The lowest BCUT2D eigenvalue weighted by Gasteiger charge is -2.09. The number of ketones is 1. The number of rotatable bonds is 5. The molecule has 0 amide bonds. The molecule has 0 aliphatic heterocycles. The van der Waals surface area contributed by atoms with Crippen LogP contribution in [0.3, 0.4) is 0 Å². The molecule has 0 spiro atoms. The molecule has 0 atom stereocenters. The van der Waals surface area contributed by atoms with Crippen LogP contribution in [0.25, 0.3) is 0 Å². The fourth-order valence-corrected chi connectivity index (χ4v) is 1.33. The van der Waals surface area contributed by atoms with Crippen molar-refractivity contribution < 1.29 is 9.53 Å². The molecule has 1 aromatic carbocycles. The number of aryl methyl sites for hydroxylation is 1. The van der Waals surface area contributed by atoms with E-state index in [0.29, 0.717) is 19.4 Å². The molecule has 0 fully saturated rings. The third-order valence-electron chi connectivity index (χ3n) is 2.59. The van der Waals surface area contributed by atoms with E-state index in [1.54, 1.807) is 0 Å². The maximum atomic E-state index is 11.1. The maximum Gasteiger partial charge on any atom is 0.136 e. The van der Waals surface area contributed by atoms with Crippen LogP contribution in [0.4, 0.5) is 0 Å². The second-order valence-electron chi connectivity index (χ2n) is 3.69. The molecule has 0 unspecified atom stereocenters. The number of ether oxygens (including phenoxy) is 1. The number of Topliss-reactive ketones (excluding diaryl/α,β-unsaturated/α-hetero) is 1. The highest BCUT2D eigenvalue weighted by Crippen LogP contribution is 2.20. The van der Waals surface area contributed by atoms with Gasteiger partial charge in [-0.05, 0) is 31.0 Å². The van der Waals surface area contributed by atoms with E-state index in [2.05, 4.69) is 13.0 Å². The lowest BCUT2D eigenvalue weighted by Crippen LogP contribution is -2.05. The van der Waals surface area contributed by atoms with Gasteiger partial charge in [-0.25, -0.2) is 0 Å². The standard InChI is InChI=1S/C13H18O2/c1-4-12(14)8-9-15-13-7-5-6-10(2)11(13)3/h5-7H,4,8-9H2,1-3H3. The van der Waals surface area contributed by atoms with Crippen LogP contribution in [-0.2, 0) is 4.79 Å². The van der Waals surface area contributed by atoms with Gasteiger partial charge >= 0.3 is 0 Å². The minimum Gasteiger partial charge on any atom is -0.493 e. The summed E-state index contributed by atoms with van der Waals surface area (Å²) >= 11 is 0. The van der Waals surface area contributed by atoms with Gasteiger partial charge in [-0.1, -0.05) is 19.1 Å². The van der Waals surface area contributed by atoms with Crippen LogP contribution in [0.1, 0.15) is 30.9 Å². The lowest BCUT2D eigenvalue weighted by atomic mass is 10.1. The van der Waals surface area contributed by atoms with Gasteiger partial charge < -0.3 is 4.74 Å². The van der Waals surface area contributed by atoms with Crippen LogP contribution in [0.15, 0.2) is 18.2 Å². The van der Waals surface area contributed by atoms with E-state index in [-0.39, 0.29) is 5.78 Å². The van der Waals surface area contributed by atoms with E-state index in [9.17, 15) is 4.79 Å². The molecule has 15 heavy (non-hydrogen) atoms. The normalized spacial score (nSPS) is 10.1. The van der Waals surface area contributed by atoms with Gasteiger partial charge in [-0.3, -0.25) is 4.79 Å². The topological polar surface area (TPSA) is 26.3 Å². The van der Waals surface area contributed by atoms with Crippen molar-refractivity contribution in [3.8, 4) is 5.75 Å². The Kier molecular flexibility index (Phi) is 4.35. The van der Waals surface area contributed by atoms with Crippen molar-refractivity contribution in [1.82, 2.24) is 0 Å². The molecule has 0 aliphatic carbocycles. The Morgan fingerprint density at radius 2 is 2.07 bits per heavy atom. The highest BCUT2D eigenvalue weighted by atomic mass is 16.5. The van der Waals surface area contributed by atoms with E-state index in [4.69, 9.17) is 4.74 Å². The van der Waals surface area contributed by atoms with Gasteiger partial charge in [0.1, 0.15) is 11.5 Å². The smallest absolute Gasteiger partial charge is 0.136 e. The summed E-state index contributed by atoms with van der Waals surface area (Å²) in [5, 5.41) is 0. The molecule has 0 saturated heterocycles. The van der Waals surface area contributed by atoms with Gasteiger partial charge in [0.15, 0.2) is 0 Å². The summed E-state index contributed by atoms with van der Waals surface area (Å²) in [6.45, 7) is 6.45. The van der Waals surface area contributed by atoms with Gasteiger partial charge in [-0.2, -0.15) is 0 Å². The molecule has 2 heteroatoms. The third kappa shape index (κ3) is 3.39. The van der Waals surface area contributed by atoms with Crippen molar-refractivity contribution >= 4 is 5.78 Å². The van der Waals surface area contributed by atoms with Crippen molar-refractivity contribution in [3.63, 3.8) is 0 Å². The Bertz CT molecular complexity index is 342. The summed E-state index contributed by atoms with van der Waals surface area (Å²) in [7, 11) is 0. The number of carbonyl (C=O) groups excluding carboxylic acids is 1. The number of hydrogen-bond acceptors (Lipinski definition) is 2. The summed E-state index contributed by atoms with van der Waals surface area (Å²) in [6, 6.07) is 5.97. The van der Waals surface area contributed by atoms with Crippen molar-refractivity contribution in [3.05, 3.63) is 29.3 Å². The van der Waals surface area contributed by atoms with Crippen LogP contribution in [0, 0.1) is 13.8 Å². The summed E-state index contributed by atoms with van der Waals surface area (Å²) in [6.07, 6.45) is 1.10. The molecule has 1 aromatic rings. The van der Waals surface area contributed by atoms with Crippen molar-refractivity contribution in [1.29, 1.82) is 0 Å². The average Bonchev–Trinajstić information content (AvgIpc) is 2.24. The first-order valence-electron chi connectivity index (χ1n) is 5.36. The van der Waals surface area contributed by atoms with Gasteiger partial charge in [-0.15, -0.1) is 0 Å². The Morgan fingerprint density at radius 3 is 2.73 bits per heavy atom. The van der Waals surface area contributed by atoms with Gasteiger partial charge in [0, 0.05) is 12.8 Å². The summed E-state index contributed by atoms with van der Waals surface area (Å²) in [4.78, 5) is 11.1. The second kappa shape index (κ2) is 5.54. The summed E-state index contributed by atoms with van der Waals surface area (Å²) in [5.74, 6) is 1.14. The van der Waals surface area contributed by atoms with Crippen molar-refractivity contribution in [2.24, 2.45) is 0 Å². The van der Waals surface area contributed by atoms with Gasteiger partial charge in [0.25, 0.3) is 0 Å². The monoisotopic (exact) mass is 206 g/mol. The maximum absolute atomic E-state index is 11.1. The zero-order valence-corrected chi connectivity index (χ0v) is 9.67. The summed E-state index contributed by atoms with van der Waals surface area (Å²) < 4.78 is 5.57. The summed E-state index contributed by atoms with van der Waals surface area (Å²) in [5.41, 5.74) is 2.37. The zero-order valence-electron chi connectivity index (χ0n) is 9.67. The second-order valence-corrected chi connectivity index (χ2v) is 3.69. The molecule has 82 valence electrons. The molecule has 0 aliphatic rings. The molecular weight excluding hydrogens is 188 g/mol. The third-order valence-corrected chi connectivity index (χ3v) is 2.59. The highest BCUT2D eigenvalue weighted by Gasteiger charge is 2.03. The molecule has 0 heterocycles. The molecule has 0 N–H and O–H groups in total. The lowest BCUT2D eigenvalue weighted by molar-refractivity contribution is -0.119. The van der Waals surface area contributed by atoms with E-state index in [1.807, 2.05) is 26.0 Å². The van der Waals surface area contributed by atoms with Crippen molar-refractivity contribution in [2.75, 3.05) is 6.61 Å². The first-order valence-corrected chi connectivity index (χ1v) is 5.36. The number of hydrogen-bond donors (Lipinski definition) is 0. The van der Waals surface area contributed by atoms with Crippen LogP contribution < -0.4 is 4.74 Å². The SMILES string of the molecule is CCC(=O)CCOc1cccc(C)c1C. The Morgan fingerprint density at radius 1 is 1.33 bits per heavy atom. The van der Waals surface area contributed by atoms with Crippen LogP contribution >= 0.6 is 0 Å². The van der Waals surface area contributed by atoms with E-state index < -0.39 is 0 Å². The molecule has 0 bridgehead atoms. The predicted octanol–water partition coefficient (Wildman–Crippen LogP) is 3.05. The Labute approximate surface area is 91.3 Å². The first-order chi connectivity index (χ1) is 7.15. The minimum atomic E-state index is 0.250. The molecule has 2 nitrogen and oxygen atoms in total. The van der Waals surface area contributed by atoms with Crippen molar-refractivity contribution in [2.45, 2.75) is 33.6 Å². The fraction of sp³-hybridized carbons (Fsp3) is 0.462. The zero-order chi connectivity index (χ0) is 11.3. The highest BCUT2D eigenvalue weighted by molar-refractivity contribution is 5.78. The first kappa shape index (κ1) is 11.8. The minimum absolute atomic E-state index is 0.250. The van der Waals surface area contributed by atoms with Crippen LogP contribution in [0.2, 0.25) is 0 Å². The number of benzene rings is 1. The Hall–Kier alpha value is -1.31. The molecule has 0 aromatic heterocycles.